The molecule has 1 aliphatic rings. The lowest BCUT2D eigenvalue weighted by Gasteiger charge is -2.21. The average molecular weight is 354 g/mol. The lowest BCUT2D eigenvalue weighted by Crippen LogP contribution is -2.30. The van der Waals surface area contributed by atoms with E-state index in [9.17, 15) is 4.79 Å². The van der Waals surface area contributed by atoms with Crippen LogP contribution in [0, 0.1) is 13.8 Å². The number of aryl methyl sites for hydroxylation is 2. The summed E-state index contributed by atoms with van der Waals surface area (Å²) in [5.41, 5.74) is 1.79. The summed E-state index contributed by atoms with van der Waals surface area (Å²) in [5, 5.41) is 8.87. The third-order valence-corrected chi connectivity index (χ3v) is 5.55. The summed E-state index contributed by atoms with van der Waals surface area (Å²) in [4.78, 5) is 20.2. The molecule has 0 spiro atoms. The third-order valence-electron chi connectivity index (χ3n) is 4.35. The van der Waals surface area contributed by atoms with Crippen molar-refractivity contribution in [3.8, 4) is 10.6 Å². The van der Waals surface area contributed by atoms with Crippen molar-refractivity contribution >= 4 is 17.2 Å². The number of carbonyl (C=O) groups excluding carboxylic acids is 1. The van der Waals surface area contributed by atoms with Gasteiger partial charge in [-0.3, -0.25) is 4.79 Å². The molecular weight excluding hydrogens is 336 g/mol. The minimum atomic E-state index is -0.143. The maximum atomic E-state index is 13.1. The molecule has 0 N–H and O–H groups in total. The molecule has 0 unspecified atom stereocenters. The summed E-state index contributed by atoms with van der Waals surface area (Å²) in [6.07, 6.45) is 1.78. The van der Waals surface area contributed by atoms with Crippen LogP contribution in [0.2, 0.25) is 0 Å². The number of carbonyl (C=O) groups is 1. The van der Waals surface area contributed by atoms with Crippen molar-refractivity contribution in [2.24, 2.45) is 0 Å². The second-order valence-corrected chi connectivity index (χ2v) is 7.11. The Morgan fingerprint density at radius 1 is 1.24 bits per heavy atom. The van der Waals surface area contributed by atoms with Crippen molar-refractivity contribution in [3.05, 3.63) is 52.7 Å². The van der Waals surface area contributed by atoms with Crippen LogP contribution in [-0.4, -0.2) is 32.5 Å². The zero-order valence-electron chi connectivity index (χ0n) is 14.1. The van der Waals surface area contributed by atoms with E-state index < -0.39 is 0 Å². The Bertz CT molecular complexity index is 903. The van der Waals surface area contributed by atoms with Crippen LogP contribution in [0.3, 0.4) is 0 Å². The number of thiazole rings is 1. The molecule has 128 valence electrons. The molecule has 0 radical (unpaired) electrons. The summed E-state index contributed by atoms with van der Waals surface area (Å²) < 4.78 is 5.56. The molecule has 25 heavy (non-hydrogen) atoms. The molecule has 0 aliphatic carbocycles. The summed E-state index contributed by atoms with van der Waals surface area (Å²) in [7, 11) is 0. The van der Waals surface area contributed by atoms with E-state index in [0.717, 1.165) is 29.1 Å². The molecule has 1 atom stereocenters. The number of benzene rings is 1. The number of hydrogen-bond donors (Lipinski definition) is 0. The highest BCUT2D eigenvalue weighted by Crippen LogP contribution is 2.35. The van der Waals surface area contributed by atoms with Crippen LogP contribution >= 0.6 is 11.3 Å². The van der Waals surface area contributed by atoms with Gasteiger partial charge in [0.1, 0.15) is 15.9 Å². The van der Waals surface area contributed by atoms with Crippen molar-refractivity contribution in [2.75, 3.05) is 6.54 Å². The van der Waals surface area contributed by atoms with E-state index in [-0.39, 0.29) is 11.9 Å². The third kappa shape index (κ3) is 2.95. The summed E-state index contributed by atoms with van der Waals surface area (Å²) >= 11 is 1.44. The fraction of sp³-hybridized carbons (Fsp3) is 0.333. The van der Waals surface area contributed by atoms with Gasteiger partial charge in [0.25, 0.3) is 5.91 Å². The molecule has 2 aromatic heterocycles. The van der Waals surface area contributed by atoms with Crippen LogP contribution in [0.5, 0.6) is 0 Å². The van der Waals surface area contributed by atoms with Crippen molar-refractivity contribution in [2.45, 2.75) is 32.7 Å². The lowest BCUT2D eigenvalue weighted by molar-refractivity contribution is 0.0718. The zero-order valence-corrected chi connectivity index (χ0v) is 14.9. The van der Waals surface area contributed by atoms with E-state index in [0.29, 0.717) is 23.2 Å². The maximum absolute atomic E-state index is 13.1. The fourth-order valence-corrected chi connectivity index (χ4v) is 4.17. The first-order chi connectivity index (χ1) is 12.1. The fourth-order valence-electron chi connectivity index (χ4n) is 3.14. The Morgan fingerprint density at radius 2 is 2.04 bits per heavy atom. The van der Waals surface area contributed by atoms with Gasteiger partial charge >= 0.3 is 0 Å². The van der Waals surface area contributed by atoms with Gasteiger partial charge in [0, 0.05) is 19.0 Å². The van der Waals surface area contributed by atoms with Crippen LogP contribution in [0.15, 0.2) is 34.7 Å². The van der Waals surface area contributed by atoms with Crippen molar-refractivity contribution in [1.29, 1.82) is 0 Å². The molecule has 4 rings (SSSR count). The highest BCUT2D eigenvalue weighted by Gasteiger charge is 2.35. The van der Waals surface area contributed by atoms with Crippen LogP contribution in [0.25, 0.3) is 10.6 Å². The second kappa shape index (κ2) is 6.40. The van der Waals surface area contributed by atoms with Gasteiger partial charge in [-0.05, 0) is 19.8 Å². The molecule has 1 aromatic carbocycles. The number of nitrogens with zero attached hydrogens (tertiary/aromatic N) is 4. The molecule has 7 heteroatoms. The van der Waals surface area contributed by atoms with Gasteiger partial charge < -0.3 is 9.32 Å². The summed E-state index contributed by atoms with van der Waals surface area (Å²) in [6.45, 7) is 4.35. The van der Waals surface area contributed by atoms with Crippen molar-refractivity contribution < 1.29 is 9.21 Å². The standard InChI is InChI=1S/C18H18N4O2S/c1-11-15(25-17(19-11)13-7-4-3-5-8-13)18(23)22-10-6-9-14(22)16-21-20-12(2)24-16/h3-5,7-8,14H,6,9-10H2,1-2H3/t14-/m1/s1. The topological polar surface area (TPSA) is 72.1 Å². The van der Waals surface area contributed by atoms with Gasteiger partial charge in [0.15, 0.2) is 0 Å². The lowest BCUT2D eigenvalue weighted by atomic mass is 10.2. The van der Waals surface area contributed by atoms with Crippen LogP contribution in [-0.2, 0) is 0 Å². The number of aromatic nitrogens is 3. The van der Waals surface area contributed by atoms with Gasteiger partial charge in [-0.25, -0.2) is 4.98 Å². The highest BCUT2D eigenvalue weighted by atomic mass is 32.1. The number of likely N-dealkylation sites (tertiary alicyclic amines) is 1. The molecule has 1 aliphatic heterocycles. The summed E-state index contributed by atoms with van der Waals surface area (Å²) in [5.74, 6) is 1.04. The SMILES string of the molecule is Cc1nnc([C@H]2CCCN2C(=O)c2sc(-c3ccccc3)nc2C)o1. The molecule has 6 nitrogen and oxygen atoms in total. The van der Waals surface area contributed by atoms with Crippen molar-refractivity contribution in [1.82, 2.24) is 20.1 Å². The average Bonchev–Trinajstić information content (AvgIpc) is 3.34. The van der Waals surface area contributed by atoms with Gasteiger partial charge in [-0.15, -0.1) is 21.5 Å². The van der Waals surface area contributed by atoms with Gasteiger partial charge in [-0.2, -0.15) is 0 Å². The van der Waals surface area contributed by atoms with E-state index in [1.54, 1.807) is 6.92 Å². The summed E-state index contributed by atoms with van der Waals surface area (Å²) in [6, 6.07) is 9.79. The Hall–Kier alpha value is -2.54. The van der Waals surface area contributed by atoms with E-state index in [4.69, 9.17) is 4.42 Å². The first-order valence-electron chi connectivity index (χ1n) is 8.27. The molecule has 1 amide bonds. The minimum absolute atomic E-state index is 0.00414. The Kier molecular flexibility index (Phi) is 4.09. The Labute approximate surface area is 149 Å². The molecule has 0 saturated carbocycles. The maximum Gasteiger partial charge on any atom is 0.266 e. The van der Waals surface area contributed by atoms with E-state index in [1.165, 1.54) is 11.3 Å². The number of amides is 1. The molecule has 0 bridgehead atoms. The Balaban J connectivity index is 1.63. The van der Waals surface area contributed by atoms with E-state index in [2.05, 4.69) is 15.2 Å². The van der Waals surface area contributed by atoms with E-state index in [1.807, 2.05) is 42.2 Å². The second-order valence-electron chi connectivity index (χ2n) is 6.12. The highest BCUT2D eigenvalue weighted by molar-refractivity contribution is 7.17. The predicted octanol–water partition coefficient (Wildman–Crippen LogP) is 3.79. The first-order valence-corrected chi connectivity index (χ1v) is 9.09. The minimum Gasteiger partial charge on any atom is -0.423 e. The van der Waals surface area contributed by atoms with Crippen LogP contribution in [0.4, 0.5) is 0 Å². The normalized spacial score (nSPS) is 17.2. The smallest absolute Gasteiger partial charge is 0.266 e. The first kappa shape index (κ1) is 16.0. The number of hydrogen-bond acceptors (Lipinski definition) is 6. The van der Waals surface area contributed by atoms with Crippen LogP contribution in [0.1, 0.15) is 46.0 Å². The molecule has 1 saturated heterocycles. The van der Waals surface area contributed by atoms with Crippen LogP contribution < -0.4 is 0 Å². The molecular formula is C18H18N4O2S. The largest absolute Gasteiger partial charge is 0.423 e. The van der Waals surface area contributed by atoms with E-state index >= 15 is 0 Å². The van der Waals surface area contributed by atoms with Gasteiger partial charge in [0.05, 0.1) is 5.69 Å². The van der Waals surface area contributed by atoms with Gasteiger partial charge in [0.2, 0.25) is 11.8 Å². The van der Waals surface area contributed by atoms with Crippen molar-refractivity contribution in [3.63, 3.8) is 0 Å². The predicted molar refractivity (Wildman–Crippen MR) is 94.3 cm³/mol. The number of rotatable bonds is 3. The monoisotopic (exact) mass is 354 g/mol. The molecule has 1 fully saturated rings. The quantitative estimate of drug-likeness (QED) is 0.715. The Morgan fingerprint density at radius 3 is 2.76 bits per heavy atom. The zero-order chi connectivity index (χ0) is 17.4. The molecule has 3 heterocycles. The molecule has 3 aromatic rings. The van der Waals surface area contributed by atoms with Gasteiger partial charge in [-0.1, -0.05) is 30.3 Å².